The number of benzene rings is 1. The van der Waals surface area contributed by atoms with Gasteiger partial charge in [0, 0.05) is 27.1 Å². The largest absolute Gasteiger partial charge is 0.376 e. The number of hydrogen-bond donors (Lipinski definition) is 0. The maximum Gasteiger partial charge on any atom is 0.223 e. The molecule has 0 spiro atoms. The molecule has 0 N–H and O–H groups in total. The third-order valence-electron chi connectivity index (χ3n) is 6.96. The predicted octanol–water partition coefficient (Wildman–Crippen LogP) is 4.52. The van der Waals surface area contributed by atoms with Gasteiger partial charge in [0.15, 0.2) is 0 Å². The van der Waals surface area contributed by atoms with E-state index in [1.165, 1.54) is 0 Å². The standard InChI is InChI=1S/C26H40O7S/c1-6-34-24-23(30-16-19-12-8-7-9-13-19)22-21(20(31-24)17-29-18(2)3)32-25(27-4)14-10-11-15-26(25,28-5)33-22/h7-9,12-13,18,20-24H,6,10-11,14-17H2,1-5H3/t20-,21-,22+,23+,24-,25+,26+/m1/s1. The van der Waals surface area contributed by atoms with Crippen LogP contribution < -0.4 is 0 Å². The highest BCUT2D eigenvalue weighted by molar-refractivity contribution is 7.99. The summed E-state index contributed by atoms with van der Waals surface area (Å²) in [6.07, 6.45) is 2.01. The van der Waals surface area contributed by atoms with Crippen LogP contribution in [0.15, 0.2) is 30.3 Å². The van der Waals surface area contributed by atoms with Crippen LogP contribution in [0.4, 0.5) is 0 Å². The number of fused-ring (bicyclic) bond motifs is 2. The highest BCUT2D eigenvalue weighted by Crippen LogP contribution is 2.52. The molecule has 7 atom stereocenters. The lowest BCUT2D eigenvalue weighted by Gasteiger charge is -2.60. The maximum absolute atomic E-state index is 6.89. The molecular formula is C26H40O7S. The Kier molecular flexibility index (Phi) is 8.96. The summed E-state index contributed by atoms with van der Waals surface area (Å²) in [7, 11) is 3.35. The van der Waals surface area contributed by atoms with Crippen molar-refractivity contribution in [2.75, 3.05) is 26.6 Å². The quantitative estimate of drug-likeness (QED) is 0.469. The van der Waals surface area contributed by atoms with E-state index in [0.29, 0.717) is 26.1 Å². The molecule has 34 heavy (non-hydrogen) atoms. The second-order valence-corrected chi connectivity index (χ2v) is 10.8. The first-order chi connectivity index (χ1) is 16.5. The molecule has 1 saturated carbocycles. The van der Waals surface area contributed by atoms with Gasteiger partial charge in [0.25, 0.3) is 0 Å². The zero-order valence-electron chi connectivity index (χ0n) is 21.1. The number of ether oxygens (including phenoxy) is 7. The Hall–Kier alpha value is -0.710. The van der Waals surface area contributed by atoms with E-state index < -0.39 is 17.7 Å². The SMILES string of the molecule is CCS[C@H]1O[C@H](COC(C)C)[C@H]2O[C@@]3(OC)CCCC[C@]3(OC)O[C@@H]2[C@@H]1OCc1ccccc1. The van der Waals surface area contributed by atoms with Crippen molar-refractivity contribution < 1.29 is 33.2 Å². The van der Waals surface area contributed by atoms with Gasteiger partial charge in [-0.05, 0) is 38.0 Å². The molecule has 0 bridgehead atoms. The fourth-order valence-corrected chi connectivity index (χ4v) is 6.24. The van der Waals surface area contributed by atoms with E-state index in [1.807, 2.05) is 32.0 Å². The van der Waals surface area contributed by atoms with Gasteiger partial charge < -0.3 is 33.2 Å². The first-order valence-electron chi connectivity index (χ1n) is 12.5. The van der Waals surface area contributed by atoms with Crippen LogP contribution in [-0.2, 0) is 39.8 Å². The Morgan fingerprint density at radius 3 is 2.24 bits per heavy atom. The smallest absolute Gasteiger partial charge is 0.223 e. The van der Waals surface area contributed by atoms with Crippen LogP contribution >= 0.6 is 11.8 Å². The van der Waals surface area contributed by atoms with Gasteiger partial charge in [0.1, 0.15) is 29.9 Å². The summed E-state index contributed by atoms with van der Waals surface area (Å²) in [6.45, 7) is 7.05. The number of thioether (sulfide) groups is 1. The molecule has 3 fully saturated rings. The van der Waals surface area contributed by atoms with Gasteiger partial charge in [0.05, 0.1) is 19.3 Å². The van der Waals surface area contributed by atoms with Crippen molar-refractivity contribution in [1.82, 2.24) is 0 Å². The van der Waals surface area contributed by atoms with Crippen LogP contribution in [0.1, 0.15) is 52.0 Å². The lowest BCUT2D eigenvalue weighted by atomic mass is 9.84. The van der Waals surface area contributed by atoms with Crippen LogP contribution in [0, 0.1) is 0 Å². The molecule has 3 aliphatic rings. The van der Waals surface area contributed by atoms with Gasteiger partial charge >= 0.3 is 0 Å². The molecule has 192 valence electrons. The Labute approximate surface area is 208 Å². The Morgan fingerprint density at radius 2 is 1.65 bits per heavy atom. The monoisotopic (exact) mass is 496 g/mol. The lowest BCUT2D eigenvalue weighted by molar-refractivity contribution is -0.490. The number of methoxy groups -OCH3 is 2. The molecule has 2 saturated heterocycles. The summed E-state index contributed by atoms with van der Waals surface area (Å²) >= 11 is 1.72. The minimum atomic E-state index is -0.991. The minimum Gasteiger partial charge on any atom is -0.376 e. The van der Waals surface area contributed by atoms with Crippen LogP contribution in [0.2, 0.25) is 0 Å². The molecule has 7 nitrogen and oxygen atoms in total. The zero-order chi connectivity index (χ0) is 24.2. The first-order valence-corrected chi connectivity index (χ1v) is 13.5. The van der Waals surface area contributed by atoms with E-state index in [9.17, 15) is 0 Å². The minimum absolute atomic E-state index is 0.0834. The molecule has 1 aliphatic carbocycles. The van der Waals surface area contributed by atoms with E-state index in [2.05, 4.69) is 19.1 Å². The molecule has 0 amide bonds. The Morgan fingerprint density at radius 1 is 1.00 bits per heavy atom. The van der Waals surface area contributed by atoms with Crippen LogP contribution in [0.3, 0.4) is 0 Å². The van der Waals surface area contributed by atoms with Crippen molar-refractivity contribution in [3.63, 3.8) is 0 Å². The van der Waals surface area contributed by atoms with Crippen molar-refractivity contribution in [2.45, 2.75) is 101 Å². The van der Waals surface area contributed by atoms with Gasteiger partial charge in [-0.25, -0.2) is 0 Å². The molecule has 0 unspecified atom stereocenters. The zero-order valence-corrected chi connectivity index (χ0v) is 21.9. The summed E-state index contributed by atoms with van der Waals surface area (Å²) in [5.74, 6) is -1.09. The van der Waals surface area contributed by atoms with Crippen molar-refractivity contribution in [3.05, 3.63) is 35.9 Å². The highest BCUT2D eigenvalue weighted by Gasteiger charge is 2.67. The van der Waals surface area contributed by atoms with Crippen LogP contribution in [0.5, 0.6) is 0 Å². The second-order valence-electron chi connectivity index (χ2n) is 9.43. The summed E-state index contributed by atoms with van der Waals surface area (Å²) in [5, 5.41) is 0. The Bertz CT molecular complexity index is 765. The molecule has 1 aromatic rings. The average molecular weight is 497 g/mol. The number of rotatable bonds is 10. The van der Waals surface area contributed by atoms with Gasteiger partial charge in [-0.2, -0.15) is 0 Å². The molecule has 0 radical (unpaired) electrons. The van der Waals surface area contributed by atoms with Gasteiger partial charge in [-0.1, -0.05) is 37.3 Å². The summed E-state index contributed by atoms with van der Waals surface area (Å²) in [4.78, 5) is 0. The fraction of sp³-hybridized carbons (Fsp3) is 0.769. The predicted molar refractivity (Wildman–Crippen MR) is 131 cm³/mol. The van der Waals surface area contributed by atoms with E-state index in [4.69, 9.17) is 33.2 Å². The third kappa shape index (κ3) is 5.20. The van der Waals surface area contributed by atoms with Crippen molar-refractivity contribution in [2.24, 2.45) is 0 Å². The Balaban J connectivity index is 1.66. The van der Waals surface area contributed by atoms with Crippen LogP contribution in [-0.4, -0.2) is 74.1 Å². The third-order valence-corrected chi connectivity index (χ3v) is 8.00. The van der Waals surface area contributed by atoms with Crippen molar-refractivity contribution in [1.29, 1.82) is 0 Å². The topological polar surface area (TPSA) is 64.6 Å². The molecule has 0 aromatic heterocycles. The number of hydrogen-bond acceptors (Lipinski definition) is 8. The van der Waals surface area contributed by atoms with Crippen molar-refractivity contribution in [3.8, 4) is 0 Å². The lowest BCUT2D eigenvalue weighted by Crippen LogP contribution is -2.75. The van der Waals surface area contributed by atoms with E-state index in [1.54, 1.807) is 26.0 Å². The average Bonchev–Trinajstić information content (AvgIpc) is 2.86. The molecule has 4 rings (SSSR count). The molecule has 8 heteroatoms. The first kappa shape index (κ1) is 26.4. The summed E-state index contributed by atoms with van der Waals surface area (Å²) in [5.41, 5.74) is 0.888. The van der Waals surface area contributed by atoms with E-state index in [-0.39, 0.29) is 29.9 Å². The van der Waals surface area contributed by atoms with Crippen molar-refractivity contribution >= 4 is 11.8 Å². The molecule has 2 aliphatic heterocycles. The van der Waals surface area contributed by atoms with Gasteiger partial charge in [-0.15, -0.1) is 11.8 Å². The summed E-state index contributed by atoms with van der Waals surface area (Å²) in [6, 6.07) is 10.2. The maximum atomic E-state index is 6.89. The van der Waals surface area contributed by atoms with Gasteiger partial charge in [-0.3, -0.25) is 0 Å². The normalized spacial score (nSPS) is 37.9. The highest BCUT2D eigenvalue weighted by atomic mass is 32.2. The molecule has 1 aromatic carbocycles. The molecular weight excluding hydrogens is 456 g/mol. The van der Waals surface area contributed by atoms with E-state index >= 15 is 0 Å². The van der Waals surface area contributed by atoms with Crippen LogP contribution in [0.25, 0.3) is 0 Å². The molecule has 2 heterocycles. The summed E-state index contributed by atoms with van der Waals surface area (Å²) < 4.78 is 44.9. The second kappa shape index (κ2) is 11.6. The van der Waals surface area contributed by atoms with E-state index in [0.717, 1.165) is 24.2 Å². The fourth-order valence-electron chi connectivity index (χ4n) is 5.26. The van der Waals surface area contributed by atoms with Gasteiger partial charge in [0.2, 0.25) is 11.6 Å².